The molecule has 4 rings (SSSR count). The summed E-state index contributed by atoms with van der Waals surface area (Å²) in [6.45, 7) is 0. The maximum Gasteiger partial charge on any atom is 0.0702 e. The van der Waals surface area contributed by atoms with Gasteiger partial charge in [0.1, 0.15) is 0 Å². The Morgan fingerprint density at radius 1 is 0.667 bits per heavy atom. The molecule has 0 bridgehead atoms. The van der Waals surface area contributed by atoms with Crippen LogP contribution in [0.5, 0.6) is 0 Å². The normalized spacial score (nSPS) is 13.6. The van der Waals surface area contributed by atoms with Gasteiger partial charge in [0.15, 0.2) is 0 Å². The highest BCUT2D eigenvalue weighted by Gasteiger charge is 2.06. The van der Waals surface area contributed by atoms with E-state index in [1.807, 2.05) is 30.6 Å². The fourth-order valence-electron chi connectivity index (χ4n) is 2.91. The standard InChI is InChI=1S/C22H18N2/c1-3-7-17(8-4-1)21-13-11-19(15-23-21)20-12-14-22(24-16-20)18-9-5-2-6-10-18/h1-5,7-9,11-16H,6,10H2. The fraction of sp³-hybridized carbons (Fsp3) is 0.0909. The summed E-state index contributed by atoms with van der Waals surface area (Å²) in [6.07, 6.45) is 12.5. The molecule has 0 radical (unpaired) electrons. The Morgan fingerprint density at radius 3 is 1.96 bits per heavy atom. The Labute approximate surface area is 142 Å². The Kier molecular flexibility index (Phi) is 4.03. The minimum absolute atomic E-state index is 0.989. The van der Waals surface area contributed by atoms with E-state index in [0.29, 0.717) is 0 Å². The van der Waals surface area contributed by atoms with Crippen LogP contribution in [0.25, 0.3) is 28.0 Å². The third-order valence-corrected chi connectivity index (χ3v) is 4.27. The predicted octanol–water partition coefficient (Wildman–Crippen LogP) is 5.54. The van der Waals surface area contributed by atoms with E-state index in [0.717, 1.165) is 40.9 Å². The second-order valence-electron chi connectivity index (χ2n) is 5.89. The molecule has 1 aliphatic carbocycles. The van der Waals surface area contributed by atoms with Crippen molar-refractivity contribution in [1.29, 1.82) is 0 Å². The lowest BCUT2D eigenvalue weighted by Gasteiger charge is -2.09. The van der Waals surface area contributed by atoms with Gasteiger partial charge in [0.2, 0.25) is 0 Å². The lowest BCUT2D eigenvalue weighted by atomic mass is 10.0. The van der Waals surface area contributed by atoms with E-state index in [-0.39, 0.29) is 0 Å². The highest BCUT2D eigenvalue weighted by molar-refractivity contribution is 5.70. The molecule has 0 amide bonds. The molecule has 2 heterocycles. The largest absolute Gasteiger partial charge is 0.256 e. The summed E-state index contributed by atoms with van der Waals surface area (Å²) in [4.78, 5) is 9.22. The van der Waals surface area contributed by atoms with E-state index in [1.165, 1.54) is 5.57 Å². The first-order valence-electron chi connectivity index (χ1n) is 8.24. The van der Waals surface area contributed by atoms with E-state index in [1.54, 1.807) is 0 Å². The van der Waals surface area contributed by atoms with Crippen LogP contribution in [0, 0.1) is 0 Å². The van der Waals surface area contributed by atoms with Crippen LogP contribution in [0.2, 0.25) is 0 Å². The number of nitrogens with zero attached hydrogens (tertiary/aromatic N) is 2. The van der Waals surface area contributed by atoms with Crippen LogP contribution in [0.1, 0.15) is 18.5 Å². The number of pyridine rings is 2. The summed E-state index contributed by atoms with van der Waals surface area (Å²) in [5, 5.41) is 0. The minimum atomic E-state index is 0.989. The lowest BCUT2D eigenvalue weighted by molar-refractivity contribution is 1.04. The second-order valence-corrected chi connectivity index (χ2v) is 5.89. The summed E-state index contributed by atoms with van der Waals surface area (Å²) in [6, 6.07) is 18.6. The molecule has 0 fully saturated rings. The summed E-state index contributed by atoms with van der Waals surface area (Å²) < 4.78 is 0. The van der Waals surface area contributed by atoms with Crippen LogP contribution in [0.4, 0.5) is 0 Å². The second kappa shape index (κ2) is 6.63. The molecule has 0 spiro atoms. The van der Waals surface area contributed by atoms with Crippen LogP contribution in [-0.4, -0.2) is 9.97 Å². The Morgan fingerprint density at radius 2 is 1.38 bits per heavy atom. The van der Waals surface area contributed by atoms with Crippen LogP contribution in [0.3, 0.4) is 0 Å². The molecule has 0 atom stereocenters. The van der Waals surface area contributed by atoms with Gasteiger partial charge in [0, 0.05) is 29.1 Å². The smallest absolute Gasteiger partial charge is 0.0702 e. The number of hydrogen-bond donors (Lipinski definition) is 0. The van der Waals surface area contributed by atoms with Gasteiger partial charge in [-0.05, 0) is 30.5 Å². The highest BCUT2D eigenvalue weighted by Crippen LogP contribution is 2.25. The predicted molar refractivity (Wildman–Crippen MR) is 99.3 cm³/mol. The molecule has 1 aromatic carbocycles. The minimum Gasteiger partial charge on any atom is -0.256 e. The molecule has 0 aliphatic heterocycles. The van der Waals surface area contributed by atoms with Gasteiger partial charge >= 0.3 is 0 Å². The first-order valence-corrected chi connectivity index (χ1v) is 8.24. The molecule has 0 saturated heterocycles. The molecule has 1 aliphatic rings. The summed E-state index contributed by atoms with van der Waals surface area (Å²) in [5.74, 6) is 0. The van der Waals surface area contributed by atoms with Crippen LogP contribution < -0.4 is 0 Å². The first-order chi connectivity index (χ1) is 11.9. The number of aromatic nitrogens is 2. The van der Waals surface area contributed by atoms with Gasteiger partial charge in [0.25, 0.3) is 0 Å². The zero-order valence-electron chi connectivity index (χ0n) is 13.4. The van der Waals surface area contributed by atoms with Crippen molar-refractivity contribution in [1.82, 2.24) is 9.97 Å². The number of benzene rings is 1. The fourth-order valence-corrected chi connectivity index (χ4v) is 2.91. The van der Waals surface area contributed by atoms with E-state index >= 15 is 0 Å². The van der Waals surface area contributed by atoms with Gasteiger partial charge in [-0.1, -0.05) is 60.7 Å². The monoisotopic (exact) mass is 310 g/mol. The first kappa shape index (κ1) is 14.6. The zero-order valence-corrected chi connectivity index (χ0v) is 13.4. The maximum absolute atomic E-state index is 4.63. The van der Waals surface area contributed by atoms with Crippen molar-refractivity contribution in [3.8, 4) is 22.4 Å². The van der Waals surface area contributed by atoms with Crippen molar-refractivity contribution in [3.05, 3.63) is 90.9 Å². The molecule has 0 unspecified atom stereocenters. The molecule has 0 N–H and O–H groups in total. The average molecular weight is 310 g/mol. The van der Waals surface area contributed by atoms with Gasteiger partial charge in [-0.25, -0.2) is 0 Å². The summed E-state index contributed by atoms with van der Waals surface area (Å²) in [5.41, 5.74) is 6.68. The van der Waals surface area contributed by atoms with E-state index in [9.17, 15) is 0 Å². The maximum atomic E-state index is 4.63. The van der Waals surface area contributed by atoms with Gasteiger partial charge in [-0.15, -0.1) is 0 Å². The van der Waals surface area contributed by atoms with Crippen molar-refractivity contribution in [2.45, 2.75) is 12.8 Å². The molecule has 2 aromatic heterocycles. The van der Waals surface area contributed by atoms with Gasteiger partial charge < -0.3 is 0 Å². The topological polar surface area (TPSA) is 25.8 Å². The van der Waals surface area contributed by atoms with Crippen molar-refractivity contribution in [2.75, 3.05) is 0 Å². The number of hydrogen-bond acceptors (Lipinski definition) is 2. The summed E-state index contributed by atoms with van der Waals surface area (Å²) >= 11 is 0. The molecule has 2 heteroatoms. The van der Waals surface area contributed by atoms with E-state index < -0.39 is 0 Å². The quantitative estimate of drug-likeness (QED) is 0.634. The highest BCUT2D eigenvalue weighted by atomic mass is 14.7. The van der Waals surface area contributed by atoms with Crippen molar-refractivity contribution in [2.24, 2.45) is 0 Å². The number of allylic oxidation sites excluding steroid dienone is 4. The van der Waals surface area contributed by atoms with Crippen molar-refractivity contribution in [3.63, 3.8) is 0 Å². The third kappa shape index (κ3) is 3.04. The molecule has 3 aromatic rings. The summed E-state index contributed by atoms with van der Waals surface area (Å²) in [7, 11) is 0. The van der Waals surface area contributed by atoms with Crippen LogP contribution in [-0.2, 0) is 0 Å². The van der Waals surface area contributed by atoms with Crippen LogP contribution >= 0.6 is 0 Å². The van der Waals surface area contributed by atoms with Gasteiger partial charge in [-0.3, -0.25) is 9.97 Å². The Hall–Kier alpha value is -3.00. The molecular weight excluding hydrogens is 292 g/mol. The van der Waals surface area contributed by atoms with Crippen LogP contribution in [0.15, 0.2) is 85.2 Å². The van der Waals surface area contributed by atoms with E-state index in [2.05, 4.69) is 64.6 Å². The Bertz CT molecular complexity index is 874. The lowest BCUT2D eigenvalue weighted by Crippen LogP contribution is -1.92. The molecular formula is C22H18N2. The Balaban J connectivity index is 1.58. The molecule has 116 valence electrons. The average Bonchev–Trinajstić information content (AvgIpc) is 2.70. The molecule has 24 heavy (non-hydrogen) atoms. The van der Waals surface area contributed by atoms with Crippen molar-refractivity contribution < 1.29 is 0 Å². The number of rotatable bonds is 3. The molecule has 0 saturated carbocycles. The van der Waals surface area contributed by atoms with E-state index in [4.69, 9.17) is 0 Å². The SMILES string of the molecule is C1=CCCC(c2ccc(-c3ccc(-c4ccccc4)nc3)cn2)=C1. The molecule has 2 nitrogen and oxygen atoms in total. The third-order valence-electron chi connectivity index (χ3n) is 4.27. The van der Waals surface area contributed by atoms with Gasteiger partial charge in [-0.2, -0.15) is 0 Å². The van der Waals surface area contributed by atoms with Gasteiger partial charge in [0.05, 0.1) is 11.4 Å². The zero-order chi connectivity index (χ0) is 16.2. The van der Waals surface area contributed by atoms with Crippen molar-refractivity contribution >= 4 is 5.57 Å².